The van der Waals surface area contributed by atoms with Crippen LogP contribution in [0, 0.1) is 17.8 Å². The van der Waals surface area contributed by atoms with E-state index in [1.54, 1.807) is 40.9 Å². The molecule has 1 N–H and O–H groups in total. The maximum Gasteiger partial charge on any atom is 0.416 e. The van der Waals surface area contributed by atoms with Crippen molar-refractivity contribution >= 4 is 11.8 Å². The number of nitrogens with zero attached hydrogens (tertiary/aromatic N) is 3. The number of hydrogen-bond donors (Lipinski definition) is 1. The molecular weight excluding hydrogens is 497 g/mol. The average Bonchev–Trinajstić information content (AvgIpc) is 3.17. The third kappa shape index (κ3) is 5.39. The molecule has 1 unspecified atom stereocenters. The van der Waals surface area contributed by atoms with Gasteiger partial charge in [0, 0.05) is 43.6 Å². The third-order valence-corrected chi connectivity index (χ3v) is 7.08. The zero-order valence-corrected chi connectivity index (χ0v) is 21.3. The van der Waals surface area contributed by atoms with Crippen molar-refractivity contribution in [2.45, 2.75) is 32.5 Å². The number of piperidine rings is 1. The molecule has 38 heavy (non-hydrogen) atoms. The minimum absolute atomic E-state index is 0.0505. The summed E-state index contributed by atoms with van der Waals surface area (Å²) in [5, 5.41) is 7.54. The molecule has 7 nitrogen and oxygen atoms in total. The van der Waals surface area contributed by atoms with Crippen molar-refractivity contribution in [3.63, 3.8) is 0 Å². The number of amides is 2. The Morgan fingerprint density at radius 2 is 1.61 bits per heavy atom. The maximum atomic E-state index is 13.0. The van der Waals surface area contributed by atoms with Gasteiger partial charge in [0.05, 0.1) is 11.3 Å². The molecule has 2 amide bonds. The van der Waals surface area contributed by atoms with E-state index in [0.29, 0.717) is 36.0 Å². The van der Waals surface area contributed by atoms with E-state index in [9.17, 15) is 22.8 Å². The Hall–Kier alpha value is -3.82. The fourth-order valence-electron chi connectivity index (χ4n) is 5.08. The lowest BCUT2D eigenvalue weighted by atomic mass is 10.1. The highest BCUT2D eigenvalue weighted by atomic mass is 19.4. The summed E-state index contributed by atoms with van der Waals surface area (Å²) in [4.78, 5) is 27.6. The quantitative estimate of drug-likeness (QED) is 0.474. The molecule has 0 radical (unpaired) electrons. The Morgan fingerprint density at radius 1 is 1.03 bits per heavy atom. The number of hydrogen-bond acceptors (Lipinski definition) is 4. The van der Waals surface area contributed by atoms with Crippen LogP contribution < -0.4 is 10.1 Å². The lowest BCUT2D eigenvalue weighted by molar-refractivity contribution is -0.137. The highest BCUT2D eigenvalue weighted by Gasteiger charge is 2.57. The number of carbonyl (C=O) groups excluding carboxylic acids is 2. The number of ether oxygens (including phenoxy) is 1. The molecule has 2 heterocycles. The van der Waals surface area contributed by atoms with Gasteiger partial charge in [-0.25, -0.2) is 0 Å². The zero-order chi connectivity index (χ0) is 27.2. The van der Waals surface area contributed by atoms with Crippen molar-refractivity contribution in [1.82, 2.24) is 20.0 Å². The van der Waals surface area contributed by atoms with E-state index in [0.717, 1.165) is 24.2 Å². The zero-order valence-electron chi connectivity index (χ0n) is 21.3. The van der Waals surface area contributed by atoms with Crippen molar-refractivity contribution in [3.8, 4) is 11.5 Å². The molecule has 1 saturated heterocycles. The first kappa shape index (κ1) is 25.8. The minimum atomic E-state index is -4.40. The van der Waals surface area contributed by atoms with Gasteiger partial charge in [-0.2, -0.15) is 18.3 Å². The molecule has 1 aromatic heterocycles. The van der Waals surface area contributed by atoms with Crippen LogP contribution in [0.15, 0.2) is 54.6 Å². The second kappa shape index (κ2) is 9.81. The highest BCUT2D eigenvalue weighted by molar-refractivity contribution is 5.95. The van der Waals surface area contributed by atoms with Gasteiger partial charge in [-0.05, 0) is 66.9 Å². The summed E-state index contributed by atoms with van der Waals surface area (Å²) < 4.78 is 45.4. The van der Waals surface area contributed by atoms with E-state index >= 15 is 0 Å². The minimum Gasteiger partial charge on any atom is -0.457 e. The number of likely N-dealkylation sites (tertiary alicyclic amines) is 1. The van der Waals surface area contributed by atoms with Crippen molar-refractivity contribution in [2.75, 3.05) is 13.1 Å². The number of aryl methyl sites for hydroxylation is 1. The van der Waals surface area contributed by atoms with Gasteiger partial charge in [-0.1, -0.05) is 13.8 Å². The molecule has 1 saturated carbocycles. The molecule has 2 aromatic carbocycles. The number of aromatic nitrogens is 2. The SMILES string of the molecule is CC(C)Cc1cc(C(=O)NC2[C@H]3CN(C(=O)c4ccc(Oc5ccc(C(F)(F)F)cc5)cc4)C[C@@H]23)n(C)n1. The summed E-state index contributed by atoms with van der Waals surface area (Å²) in [6, 6.07) is 12.8. The Bertz CT molecular complexity index is 1320. The molecule has 1 aliphatic carbocycles. The first-order valence-corrected chi connectivity index (χ1v) is 12.6. The van der Waals surface area contributed by atoms with Gasteiger partial charge in [-0.15, -0.1) is 0 Å². The van der Waals surface area contributed by atoms with Gasteiger partial charge in [0.15, 0.2) is 0 Å². The van der Waals surface area contributed by atoms with Crippen molar-refractivity contribution in [2.24, 2.45) is 24.8 Å². The number of halogens is 3. The van der Waals surface area contributed by atoms with Crippen molar-refractivity contribution < 1.29 is 27.5 Å². The summed E-state index contributed by atoms with van der Waals surface area (Å²) in [5.74, 6) is 1.35. The molecule has 0 spiro atoms. The summed E-state index contributed by atoms with van der Waals surface area (Å²) in [6.45, 7) is 5.36. The van der Waals surface area contributed by atoms with Crippen LogP contribution in [-0.2, 0) is 19.6 Å². The molecule has 2 fully saturated rings. The van der Waals surface area contributed by atoms with Gasteiger partial charge < -0.3 is 15.0 Å². The number of nitrogens with one attached hydrogen (secondary N) is 1. The summed E-state index contributed by atoms with van der Waals surface area (Å²) in [6.07, 6.45) is -3.59. The van der Waals surface area contributed by atoms with Crippen LogP contribution in [0.3, 0.4) is 0 Å². The van der Waals surface area contributed by atoms with Crippen LogP contribution in [0.4, 0.5) is 13.2 Å². The molecule has 3 aromatic rings. The molecular formula is C28H29F3N4O3. The van der Waals surface area contributed by atoms with Gasteiger partial charge >= 0.3 is 6.18 Å². The van der Waals surface area contributed by atoms with Crippen LogP contribution in [-0.4, -0.2) is 45.6 Å². The van der Waals surface area contributed by atoms with Gasteiger partial charge in [-0.3, -0.25) is 14.3 Å². The largest absolute Gasteiger partial charge is 0.457 e. The monoisotopic (exact) mass is 526 g/mol. The van der Waals surface area contributed by atoms with Gasteiger partial charge in [0.25, 0.3) is 11.8 Å². The fourth-order valence-corrected chi connectivity index (χ4v) is 5.08. The second-order valence-corrected chi connectivity index (χ2v) is 10.4. The van der Waals surface area contributed by atoms with Crippen LogP contribution >= 0.6 is 0 Å². The molecule has 5 rings (SSSR count). The second-order valence-electron chi connectivity index (χ2n) is 10.4. The molecule has 200 valence electrons. The molecule has 1 aliphatic heterocycles. The Kier molecular flexibility index (Phi) is 6.66. The van der Waals surface area contributed by atoms with Crippen LogP contribution in [0.25, 0.3) is 0 Å². The Morgan fingerprint density at radius 3 is 2.16 bits per heavy atom. The van der Waals surface area contributed by atoms with Crippen molar-refractivity contribution in [3.05, 3.63) is 77.1 Å². The van der Waals surface area contributed by atoms with Crippen LogP contribution in [0.1, 0.15) is 46.0 Å². The molecule has 10 heteroatoms. The Labute approximate surface area is 218 Å². The smallest absolute Gasteiger partial charge is 0.416 e. The lowest BCUT2D eigenvalue weighted by Crippen LogP contribution is -2.37. The van der Waals surface area contributed by atoms with E-state index in [1.165, 1.54) is 12.1 Å². The van der Waals surface area contributed by atoms with Crippen LogP contribution in [0.2, 0.25) is 0 Å². The predicted octanol–water partition coefficient (Wildman–Crippen LogP) is 4.93. The topological polar surface area (TPSA) is 76.5 Å². The molecule has 3 atom stereocenters. The fraction of sp³-hybridized carbons (Fsp3) is 0.393. The van der Waals surface area contributed by atoms with Crippen LogP contribution in [0.5, 0.6) is 11.5 Å². The number of benzene rings is 2. The Balaban J connectivity index is 1.12. The normalized spacial score (nSPS) is 20.4. The van der Waals surface area contributed by atoms with Gasteiger partial charge in [0.2, 0.25) is 0 Å². The highest BCUT2D eigenvalue weighted by Crippen LogP contribution is 2.46. The lowest BCUT2D eigenvalue weighted by Gasteiger charge is -2.20. The summed E-state index contributed by atoms with van der Waals surface area (Å²) >= 11 is 0. The summed E-state index contributed by atoms with van der Waals surface area (Å²) in [7, 11) is 1.77. The predicted molar refractivity (Wildman–Crippen MR) is 134 cm³/mol. The number of carbonyl (C=O) groups is 2. The van der Waals surface area contributed by atoms with E-state index < -0.39 is 11.7 Å². The average molecular weight is 527 g/mol. The third-order valence-electron chi connectivity index (χ3n) is 7.08. The molecule has 2 aliphatic rings. The number of fused-ring (bicyclic) bond motifs is 1. The van der Waals surface area contributed by atoms with Gasteiger partial charge in [0.1, 0.15) is 17.2 Å². The van der Waals surface area contributed by atoms with E-state index in [2.05, 4.69) is 24.3 Å². The van der Waals surface area contributed by atoms with E-state index in [1.807, 2.05) is 6.07 Å². The van der Waals surface area contributed by atoms with E-state index in [-0.39, 0.29) is 35.4 Å². The molecule has 0 bridgehead atoms. The number of alkyl halides is 3. The first-order chi connectivity index (χ1) is 18.0. The number of rotatable bonds is 7. The summed E-state index contributed by atoms with van der Waals surface area (Å²) in [5.41, 5.74) is 1.19. The first-order valence-electron chi connectivity index (χ1n) is 12.6. The maximum absolute atomic E-state index is 13.0. The van der Waals surface area contributed by atoms with E-state index in [4.69, 9.17) is 4.74 Å². The standard InChI is InChI=1S/C28H29F3N4O3/c1-16(2)12-19-13-24(34(3)33-19)26(36)32-25-22-14-35(15-23(22)25)27(37)17-4-8-20(9-5-17)38-21-10-6-18(7-11-21)28(29,30)31/h4-11,13,16,22-23,25H,12,14-15H2,1-3H3,(H,32,36)/t22-,23+,25?. The van der Waals surface area contributed by atoms with Crippen molar-refractivity contribution in [1.29, 1.82) is 0 Å².